The molecule has 2 aromatic carbocycles. The topological polar surface area (TPSA) is 88.7 Å². The highest BCUT2D eigenvalue weighted by Crippen LogP contribution is 2.29. The van der Waals surface area contributed by atoms with Gasteiger partial charge in [-0.2, -0.15) is 0 Å². The fourth-order valence-corrected chi connectivity index (χ4v) is 2.34. The van der Waals surface area contributed by atoms with Gasteiger partial charge in [0.2, 0.25) is 5.91 Å². The number of aliphatic imine (C=N–C) groups is 1. The first-order valence-corrected chi connectivity index (χ1v) is 8.99. The van der Waals surface area contributed by atoms with E-state index in [1.165, 1.54) is 18.2 Å². The Hall–Kier alpha value is -3.23. The molecule has 156 valence electrons. The number of nitrogens with zero attached hydrogens (tertiary/aromatic N) is 1. The van der Waals surface area contributed by atoms with E-state index >= 15 is 0 Å². The molecule has 0 fully saturated rings. The summed E-state index contributed by atoms with van der Waals surface area (Å²) in [5.41, 5.74) is 7.25. The van der Waals surface area contributed by atoms with Crippen molar-refractivity contribution in [2.45, 2.75) is 33.2 Å². The van der Waals surface area contributed by atoms with Crippen LogP contribution in [0.1, 0.15) is 25.8 Å². The number of hydrogen-bond acceptors (Lipinski definition) is 3. The number of ether oxygens (including phenoxy) is 1. The number of alkyl halides is 3. The zero-order valence-electron chi connectivity index (χ0n) is 16.1. The lowest BCUT2D eigenvalue weighted by atomic mass is 10.1. The van der Waals surface area contributed by atoms with Gasteiger partial charge in [-0.1, -0.05) is 38.1 Å². The van der Waals surface area contributed by atoms with Crippen LogP contribution in [-0.4, -0.2) is 18.2 Å². The van der Waals surface area contributed by atoms with Crippen molar-refractivity contribution in [2.75, 3.05) is 10.6 Å². The third-order valence-corrected chi connectivity index (χ3v) is 4.06. The molecule has 0 bridgehead atoms. The van der Waals surface area contributed by atoms with E-state index in [4.69, 9.17) is 5.73 Å². The highest BCUT2D eigenvalue weighted by atomic mass is 19.4. The molecule has 0 aromatic heterocycles. The van der Waals surface area contributed by atoms with Crippen LogP contribution in [0.4, 0.5) is 24.5 Å². The summed E-state index contributed by atoms with van der Waals surface area (Å²) in [7, 11) is 0. The number of halogens is 3. The molecule has 2 rings (SSSR count). The van der Waals surface area contributed by atoms with Crippen LogP contribution < -0.4 is 21.1 Å². The zero-order valence-corrected chi connectivity index (χ0v) is 16.1. The normalized spacial score (nSPS) is 12.9. The van der Waals surface area contributed by atoms with Crippen LogP contribution in [-0.2, 0) is 11.3 Å². The third kappa shape index (κ3) is 7.36. The fourth-order valence-electron chi connectivity index (χ4n) is 2.34. The van der Waals surface area contributed by atoms with Crippen LogP contribution in [0, 0.1) is 5.92 Å². The maximum atomic E-state index is 12.5. The molecule has 0 saturated heterocycles. The van der Waals surface area contributed by atoms with E-state index < -0.39 is 12.1 Å². The molecular formula is C20H23F3N4O2. The maximum Gasteiger partial charge on any atom is 0.573 e. The van der Waals surface area contributed by atoms with Crippen LogP contribution in [0.15, 0.2) is 53.5 Å². The maximum absolute atomic E-state index is 12.5. The molecule has 4 N–H and O–H groups in total. The Labute approximate surface area is 167 Å². The number of para-hydroxylation sites is 2. The first kappa shape index (κ1) is 22.1. The fraction of sp³-hybridized carbons (Fsp3) is 0.300. The van der Waals surface area contributed by atoms with E-state index in [0.717, 1.165) is 12.0 Å². The van der Waals surface area contributed by atoms with Gasteiger partial charge in [0.05, 0.1) is 12.2 Å². The Balaban J connectivity index is 2.04. The number of guanidine groups is 1. The number of amides is 1. The molecule has 0 saturated carbocycles. The molecular weight excluding hydrogens is 385 g/mol. The third-order valence-electron chi connectivity index (χ3n) is 4.06. The molecule has 0 aliphatic carbocycles. The monoisotopic (exact) mass is 408 g/mol. The van der Waals surface area contributed by atoms with Crippen molar-refractivity contribution in [1.82, 2.24) is 0 Å². The summed E-state index contributed by atoms with van der Waals surface area (Å²) >= 11 is 0. The highest BCUT2D eigenvalue weighted by Gasteiger charge is 2.32. The average molecular weight is 408 g/mol. The van der Waals surface area contributed by atoms with Crippen molar-refractivity contribution < 1.29 is 22.7 Å². The Morgan fingerprint density at radius 1 is 1.17 bits per heavy atom. The first-order chi connectivity index (χ1) is 13.7. The van der Waals surface area contributed by atoms with Crippen LogP contribution in [0.5, 0.6) is 5.75 Å². The summed E-state index contributed by atoms with van der Waals surface area (Å²) in [6.45, 7) is 3.95. The van der Waals surface area contributed by atoms with Gasteiger partial charge in [0.15, 0.2) is 11.7 Å². The molecule has 6 nitrogen and oxygen atoms in total. The van der Waals surface area contributed by atoms with Crippen molar-refractivity contribution in [3.63, 3.8) is 0 Å². The molecule has 9 heteroatoms. The molecule has 0 aliphatic rings. The first-order valence-electron chi connectivity index (χ1n) is 8.99. The van der Waals surface area contributed by atoms with E-state index in [1.54, 1.807) is 30.3 Å². The largest absolute Gasteiger partial charge is 0.573 e. The van der Waals surface area contributed by atoms with Crippen molar-refractivity contribution >= 4 is 23.2 Å². The van der Waals surface area contributed by atoms with Gasteiger partial charge >= 0.3 is 6.36 Å². The molecule has 0 spiro atoms. The summed E-state index contributed by atoms with van der Waals surface area (Å²) in [5, 5.41) is 5.44. The van der Waals surface area contributed by atoms with Gasteiger partial charge in [-0.25, -0.2) is 4.99 Å². The minimum Gasteiger partial charge on any atom is -0.404 e. The second-order valence-electron chi connectivity index (χ2n) is 6.37. The summed E-state index contributed by atoms with van der Waals surface area (Å²) < 4.78 is 41.4. The Bertz CT molecular complexity index is 869. The van der Waals surface area contributed by atoms with Crippen LogP contribution >= 0.6 is 0 Å². The second-order valence-corrected chi connectivity index (χ2v) is 6.37. The number of nitrogens with one attached hydrogen (secondary N) is 2. The van der Waals surface area contributed by atoms with Crippen LogP contribution in [0.2, 0.25) is 0 Å². The minimum atomic E-state index is -4.82. The molecule has 0 heterocycles. The van der Waals surface area contributed by atoms with E-state index in [9.17, 15) is 18.0 Å². The summed E-state index contributed by atoms with van der Waals surface area (Å²) in [6, 6.07) is 12.6. The number of carbonyl (C=O) groups is 1. The number of nitrogens with two attached hydrogens (primary N) is 1. The number of benzene rings is 2. The van der Waals surface area contributed by atoms with Gasteiger partial charge in [0.25, 0.3) is 0 Å². The predicted molar refractivity (Wildman–Crippen MR) is 107 cm³/mol. The Morgan fingerprint density at radius 3 is 2.59 bits per heavy atom. The molecule has 1 unspecified atom stereocenters. The summed E-state index contributed by atoms with van der Waals surface area (Å²) in [4.78, 5) is 16.1. The SMILES string of the molecule is CCC(C)C(=O)Nc1cccc(CN=C(N)Nc2ccccc2OC(F)(F)F)c1. The number of hydrogen-bond donors (Lipinski definition) is 3. The van der Waals surface area contributed by atoms with E-state index in [1.807, 2.05) is 13.8 Å². The van der Waals surface area contributed by atoms with Crippen LogP contribution in [0.25, 0.3) is 0 Å². The lowest BCUT2D eigenvalue weighted by molar-refractivity contribution is -0.274. The lowest BCUT2D eigenvalue weighted by Crippen LogP contribution is -2.24. The molecule has 29 heavy (non-hydrogen) atoms. The van der Waals surface area contributed by atoms with Crippen molar-refractivity contribution in [1.29, 1.82) is 0 Å². The van der Waals surface area contributed by atoms with Crippen molar-refractivity contribution in [3.05, 3.63) is 54.1 Å². The molecule has 1 atom stereocenters. The second kappa shape index (κ2) is 9.81. The Morgan fingerprint density at radius 2 is 1.90 bits per heavy atom. The van der Waals surface area contributed by atoms with E-state index in [0.29, 0.717) is 5.69 Å². The van der Waals surface area contributed by atoms with Crippen molar-refractivity contribution in [3.8, 4) is 5.75 Å². The van der Waals surface area contributed by atoms with Gasteiger partial charge in [0.1, 0.15) is 0 Å². The molecule has 0 aliphatic heterocycles. The quantitative estimate of drug-likeness (QED) is 0.465. The van der Waals surface area contributed by atoms with Gasteiger partial charge < -0.3 is 21.1 Å². The molecule has 1 amide bonds. The van der Waals surface area contributed by atoms with E-state index in [-0.39, 0.29) is 30.0 Å². The number of rotatable bonds is 7. The number of carbonyl (C=O) groups excluding carboxylic acids is 1. The van der Waals surface area contributed by atoms with E-state index in [2.05, 4.69) is 20.4 Å². The van der Waals surface area contributed by atoms with Gasteiger partial charge in [-0.05, 0) is 36.2 Å². The molecule has 2 aromatic rings. The minimum absolute atomic E-state index is 0.0423. The molecule has 0 radical (unpaired) electrons. The van der Waals surface area contributed by atoms with Crippen LogP contribution in [0.3, 0.4) is 0 Å². The van der Waals surface area contributed by atoms with Gasteiger partial charge in [-0.3, -0.25) is 4.79 Å². The van der Waals surface area contributed by atoms with Crippen molar-refractivity contribution in [2.24, 2.45) is 16.6 Å². The Kier molecular flexibility index (Phi) is 7.46. The summed E-state index contributed by atoms with van der Waals surface area (Å²) in [6.07, 6.45) is -4.08. The summed E-state index contributed by atoms with van der Waals surface area (Å²) in [5.74, 6) is -0.656. The number of anilines is 2. The lowest BCUT2D eigenvalue weighted by Gasteiger charge is -2.14. The average Bonchev–Trinajstić information content (AvgIpc) is 2.66. The van der Waals surface area contributed by atoms with Gasteiger partial charge in [0, 0.05) is 11.6 Å². The predicted octanol–water partition coefficient (Wildman–Crippen LogP) is 4.50. The smallest absolute Gasteiger partial charge is 0.404 e. The highest BCUT2D eigenvalue weighted by molar-refractivity contribution is 5.94. The standard InChI is InChI=1S/C20H23F3N4O2/c1-3-13(2)18(28)26-15-8-6-7-14(11-15)12-25-19(24)27-16-9-4-5-10-17(16)29-20(21,22)23/h4-11,13H,3,12H2,1-2H3,(H,26,28)(H3,24,25,27). The van der Waals surface area contributed by atoms with Gasteiger partial charge in [-0.15, -0.1) is 13.2 Å². The zero-order chi connectivity index (χ0) is 21.4.